The highest BCUT2D eigenvalue weighted by Gasteiger charge is 2.55. The molecule has 4 rings (SSSR count). The molecule has 2 aromatic rings. The van der Waals surface area contributed by atoms with Gasteiger partial charge in [0.05, 0.1) is 17.4 Å². The number of rotatable bonds is 3. The van der Waals surface area contributed by atoms with Crippen molar-refractivity contribution >= 4 is 11.4 Å². The van der Waals surface area contributed by atoms with Crippen LogP contribution in [0.25, 0.3) is 5.52 Å². The third-order valence-corrected chi connectivity index (χ3v) is 4.54. The summed E-state index contributed by atoms with van der Waals surface area (Å²) in [6, 6.07) is 2.01. The van der Waals surface area contributed by atoms with E-state index in [1.807, 2.05) is 19.9 Å². The van der Waals surface area contributed by atoms with Gasteiger partial charge in [0.15, 0.2) is 0 Å². The molecule has 2 aromatic heterocycles. The fraction of sp³-hybridized carbons (Fsp3) is 0.533. The van der Waals surface area contributed by atoms with Crippen LogP contribution >= 0.6 is 0 Å². The van der Waals surface area contributed by atoms with E-state index in [0.717, 1.165) is 29.6 Å². The molecule has 20 heavy (non-hydrogen) atoms. The predicted octanol–water partition coefficient (Wildman–Crippen LogP) is 2.02. The third-order valence-electron chi connectivity index (χ3n) is 4.54. The van der Waals surface area contributed by atoms with Gasteiger partial charge in [-0.15, -0.1) is 0 Å². The van der Waals surface area contributed by atoms with Gasteiger partial charge in [-0.05, 0) is 57.1 Å². The standard InChI is InChI=1S/C15H18N4O/c1-9-7-10(2)18-19-12(9)8-16-13(19)14(20)17-15(5-6-15)11-3-4-11/h7-8,11H,3-6H2,1-2H3,(H,17,20). The molecule has 1 amide bonds. The van der Waals surface area contributed by atoms with Gasteiger partial charge in [0, 0.05) is 5.54 Å². The van der Waals surface area contributed by atoms with E-state index in [4.69, 9.17) is 0 Å². The summed E-state index contributed by atoms with van der Waals surface area (Å²) in [4.78, 5) is 16.8. The number of aryl methyl sites for hydroxylation is 2. The number of nitrogens with one attached hydrogen (secondary N) is 1. The van der Waals surface area contributed by atoms with E-state index in [0.29, 0.717) is 11.7 Å². The molecule has 5 nitrogen and oxygen atoms in total. The Labute approximate surface area is 117 Å². The zero-order valence-electron chi connectivity index (χ0n) is 11.8. The summed E-state index contributed by atoms with van der Waals surface area (Å²) in [6.45, 7) is 3.95. The monoisotopic (exact) mass is 270 g/mol. The molecule has 2 heterocycles. The number of hydrogen-bond acceptors (Lipinski definition) is 3. The Morgan fingerprint density at radius 1 is 1.40 bits per heavy atom. The minimum absolute atomic E-state index is 0.0712. The molecule has 1 N–H and O–H groups in total. The van der Waals surface area contributed by atoms with Gasteiger partial charge < -0.3 is 5.32 Å². The summed E-state index contributed by atoms with van der Waals surface area (Å²) in [5.74, 6) is 1.000. The highest BCUT2D eigenvalue weighted by Crippen LogP contribution is 2.53. The summed E-state index contributed by atoms with van der Waals surface area (Å²) < 4.78 is 1.67. The molecule has 0 radical (unpaired) electrons. The second-order valence-corrected chi connectivity index (χ2v) is 6.23. The molecule has 2 fully saturated rings. The maximum atomic E-state index is 12.5. The number of amides is 1. The Morgan fingerprint density at radius 3 is 2.80 bits per heavy atom. The van der Waals surface area contributed by atoms with Crippen molar-refractivity contribution < 1.29 is 4.79 Å². The van der Waals surface area contributed by atoms with E-state index in [9.17, 15) is 4.79 Å². The fourth-order valence-corrected chi connectivity index (χ4v) is 3.13. The number of fused-ring (bicyclic) bond motifs is 1. The van der Waals surface area contributed by atoms with Gasteiger partial charge in [-0.2, -0.15) is 5.10 Å². The number of aromatic nitrogens is 3. The molecular formula is C15H18N4O. The van der Waals surface area contributed by atoms with Crippen molar-refractivity contribution in [2.45, 2.75) is 45.1 Å². The first kappa shape index (κ1) is 11.9. The molecule has 2 saturated carbocycles. The van der Waals surface area contributed by atoms with Crippen LogP contribution in [-0.2, 0) is 0 Å². The minimum atomic E-state index is -0.0908. The molecule has 104 valence electrons. The van der Waals surface area contributed by atoms with E-state index >= 15 is 0 Å². The topological polar surface area (TPSA) is 59.3 Å². The minimum Gasteiger partial charge on any atom is -0.344 e. The van der Waals surface area contributed by atoms with Gasteiger partial charge in [-0.3, -0.25) is 4.79 Å². The van der Waals surface area contributed by atoms with Crippen molar-refractivity contribution in [2.75, 3.05) is 0 Å². The first-order valence-corrected chi connectivity index (χ1v) is 7.24. The van der Waals surface area contributed by atoms with Crippen LogP contribution in [0.3, 0.4) is 0 Å². The molecule has 0 spiro atoms. The summed E-state index contributed by atoms with van der Waals surface area (Å²) >= 11 is 0. The van der Waals surface area contributed by atoms with Crippen LogP contribution in [0.5, 0.6) is 0 Å². The first-order valence-electron chi connectivity index (χ1n) is 7.24. The normalized spacial score (nSPS) is 20.1. The Kier molecular flexibility index (Phi) is 2.26. The molecule has 0 aromatic carbocycles. The van der Waals surface area contributed by atoms with Gasteiger partial charge in [0.25, 0.3) is 5.91 Å². The summed E-state index contributed by atoms with van der Waals surface area (Å²) in [5, 5.41) is 7.62. The number of nitrogens with zero attached hydrogens (tertiary/aromatic N) is 3. The fourth-order valence-electron chi connectivity index (χ4n) is 3.13. The van der Waals surface area contributed by atoms with Crippen LogP contribution in [0, 0.1) is 19.8 Å². The molecule has 2 aliphatic carbocycles. The third kappa shape index (κ3) is 1.72. The first-order chi connectivity index (χ1) is 9.59. The van der Waals surface area contributed by atoms with Crippen molar-refractivity contribution in [3.63, 3.8) is 0 Å². The highest BCUT2D eigenvalue weighted by molar-refractivity contribution is 5.92. The molecule has 0 atom stereocenters. The lowest BCUT2D eigenvalue weighted by molar-refractivity contribution is 0.0913. The van der Waals surface area contributed by atoms with Crippen LogP contribution in [0.15, 0.2) is 12.3 Å². The van der Waals surface area contributed by atoms with Crippen LogP contribution in [0.2, 0.25) is 0 Å². The second kappa shape index (κ2) is 3.81. The van der Waals surface area contributed by atoms with Crippen molar-refractivity contribution in [3.05, 3.63) is 29.3 Å². The zero-order valence-corrected chi connectivity index (χ0v) is 11.8. The zero-order chi connectivity index (χ0) is 13.9. The maximum absolute atomic E-state index is 12.5. The van der Waals surface area contributed by atoms with Gasteiger partial charge >= 0.3 is 0 Å². The Balaban J connectivity index is 1.69. The molecule has 0 bridgehead atoms. The molecule has 5 heteroatoms. The largest absolute Gasteiger partial charge is 0.344 e. The Morgan fingerprint density at radius 2 is 2.15 bits per heavy atom. The van der Waals surface area contributed by atoms with Crippen LogP contribution in [0.1, 0.15) is 47.6 Å². The lowest BCUT2D eigenvalue weighted by atomic mass is 10.1. The van der Waals surface area contributed by atoms with E-state index in [2.05, 4.69) is 15.4 Å². The molecule has 2 aliphatic rings. The number of hydrogen-bond donors (Lipinski definition) is 1. The smallest absolute Gasteiger partial charge is 0.289 e. The molecule has 0 aliphatic heterocycles. The van der Waals surface area contributed by atoms with Crippen LogP contribution < -0.4 is 5.32 Å². The van der Waals surface area contributed by atoms with E-state index < -0.39 is 0 Å². The van der Waals surface area contributed by atoms with Crippen molar-refractivity contribution in [1.82, 2.24) is 19.9 Å². The summed E-state index contributed by atoms with van der Waals surface area (Å²) in [6.07, 6.45) is 6.45. The Hall–Kier alpha value is -1.91. The lowest BCUT2D eigenvalue weighted by Gasteiger charge is -2.15. The van der Waals surface area contributed by atoms with Crippen molar-refractivity contribution in [2.24, 2.45) is 5.92 Å². The number of carbonyl (C=O) groups excluding carboxylic acids is 1. The van der Waals surface area contributed by atoms with Gasteiger partial charge in [0.2, 0.25) is 5.82 Å². The maximum Gasteiger partial charge on any atom is 0.289 e. The molecule has 0 saturated heterocycles. The average molecular weight is 270 g/mol. The van der Waals surface area contributed by atoms with Gasteiger partial charge in [0.1, 0.15) is 0 Å². The average Bonchev–Trinajstić information content (AvgIpc) is 3.27. The summed E-state index contributed by atoms with van der Waals surface area (Å²) in [5.41, 5.74) is 2.96. The van der Waals surface area contributed by atoms with Crippen LogP contribution in [0.4, 0.5) is 0 Å². The van der Waals surface area contributed by atoms with Crippen LogP contribution in [-0.4, -0.2) is 26.0 Å². The highest BCUT2D eigenvalue weighted by atomic mass is 16.2. The number of imidazole rings is 1. The number of carbonyl (C=O) groups is 1. The Bertz CT molecular complexity index is 710. The van der Waals surface area contributed by atoms with E-state index in [-0.39, 0.29) is 11.4 Å². The van der Waals surface area contributed by atoms with Gasteiger partial charge in [-0.25, -0.2) is 9.50 Å². The van der Waals surface area contributed by atoms with Crippen molar-refractivity contribution in [1.29, 1.82) is 0 Å². The predicted molar refractivity (Wildman–Crippen MR) is 74.6 cm³/mol. The second-order valence-electron chi connectivity index (χ2n) is 6.23. The van der Waals surface area contributed by atoms with E-state index in [1.165, 1.54) is 12.8 Å². The van der Waals surface area contributed by atoms with E-state index in [1.54, 1.807) is 10.7 Å². The summed E-state index contributed by atoms with van der Waals surface area (Å²) in [7, 11) is 0. The molecule has 0 unspecified atom stereocenters. The van der Waals surface area contributed by atoms with Gasteiger partial charge in [-0.1, -0.05) is 0 Å². The van der Waals surface area contributed by atoms with Crippen molar-refractivity contribution in [3.8, 4) is 0 Å². The molecular weight excluding hydrogens is 252 g/mol. The SMILES string of the molecule is Cc1cc(C)c2cnc(C(=O)NC3(C4CC4)CC3)n2n1. The lowest BCUT2D eigenvalue weighted by Crippen LogP contribution is -2.39. The quantitative estimate of drug-likeness (QED) is 0.928.